The summed E-state index contributed by atoms with van der Waals surface area (Å²) in [6, 6.07) is 1.25. The van der Waals surface area contributed by atoms with E-state index < -0.39 is 17.4 Å². The van der Waals surface area contributed by atoms with E-state index in [-0.39, 0.29) is 5.69 Å². The zero-order valence-corrected chi connectivity index (χ0v) is 5.54. The van der Waals surface area contributed by atoms with E-state index in [2.05, 4.69) is 4.98 Å². The van der Waals surface area contributed by atoms with Gasteiger partial charge >= 0.3 is 0 Å². The highest BCUT2D eigenvalue weighted by Gasteiger charge is 2.11. The Bertz CT molecular complexity index is 300. The Hall–Kier alpha value is -1.65. The van der Waals surface area contributed by atoms with Crippen molar-refractivity contribution < 1.29 is 9.18 Å². The first-order chi connectivity index (χ1) is 5.13. The van der Waals surface area contributed by atoms with Crippen LogP contribution in [0.2, 0.25) is 0 Å². The highest BCUT2D eigenvalue weighted by atomic mass is 19.1. The fourth-order valence-corrected chi connectivity index (χ4v) is 0.630. The third kappa shape index (κ3) is 1.26. The van der Waals surface area contributed by atoms with E-state index >= 15 is 0 Å². The van der Waals surface area contributed by atoms with E-state index in [1.54, 1.807) is 0 Å². The number of hydrogen-bond acceptors (Lipinski definition) is 3. The molecule has 11 heavy (non-hydrogen) atoms. The van der Waals surface area contributed by atoms with Crippen molar-refractivity contribution in [1.29, 1.82) is 0 Å². The van der Waals surface area contributed by atoms with E-state index in [4.69, 9.17) is 11.5 Å². The topological polar surface area (TPSA) is 82.0 Å². The van der Waals surface area contributed by atoms with Gasteiger partial charge in [-0.05, 0) is 6.07 Å². The molecule has 4 nitrogen and oxygen atoms in total. The normalized spacial score (nSPS) is 9.55. The second-order valence-electron chi connectivity index (χ2n) is 1.93. The van der Waals surface area contributed by atoms with E-state index in [9.17, 15) is 9.18 Å². The molecular formula is C6H6FN3O. The lowest BCUT2D eigenvalue weighted by Gasteiger charge is -1.98. The standard InChI is InChI=1S/C6H6FN3O/c7-4-3(8)1-2-10-5(4)6(9)11/h1-2H,(H2,8,10)(H2,9,11). The Morgan fingerprint density at radius 3 is 2.73 bits per heavy atom. The number of rotatable bonds is 1. The van der Waals surface area contributed by atoms with E-state index in [0.29, 0.717) is 0 Å². The highest BCUT2D eigenvalue weighted by Crippen LogP contribution is 2.10. The number of hydrogen-bond donors (Lipinski definition) is 2. The Morgan fingerprint density at radius 1 is 1.64 bits per heavy atom. The third-order valence-corrected chi connectivity index (χ3v) is 1.15. The molecule has 0 aliphatic carbocycles. The van der Waals surface area contributed by atoms with Gasteiger partial charge in [0.1, 0.15) is 0 Å². The summed E-state index contributed by atoms with van der Waals surface area (Å²) in [6.07, 6.45) is 1.22. The number of amides is 1. The Kier molecular flexibility index (Phi) is 1.72. The van der Waals surface area contributed by atoms with Gasteiger partial charge in [-0.15, -0.1) is 0 Å². The monoisotopic (exact) mass is 155 g/mol. The average molecular weight is 155 g/mol. The van der Waals surface area contributed by atoms with Gasteiger partial charge in [0, 0.05) is 6.20 Å². The molecule has 58 valence electrons. The van der Waals surface area contributed by atoms with Crippen molar-refractivity contribution in [1.82, 2.24) is 4.98 Å². The van der Waals surface area contributed by atoms with Crippen LogP contribution in [-0.4, -0.2) is 10.9 Å². The van der Waals surface area contributed by atoms with Crippen LogP contribution < -0.4 is 11.5 Å². The Labute approximate surface area is 62.0 Å². The molecule has 0 saturated heterocycles. The van der Waals surface area contributed by atoms with Crippen molar-refractivity contribution in [3.05, 3.63) is 23.8 Å². The molecule has 1 rings (SSSR count). The van der Waals surface area contributed by atoms with Crippen LogP contribution in [0.1, 0.15) is 10.5 Å². The first-order valence-corrected chi connectivity index (χ1v) is 2.82. The summed E-state index contributed by atoms with van der Waals surface area (Å²) >= 11 is 0. The number of carbonyl (C=O) groups excluding carboxylic acids is 1. The highest BCUT2D eigenvalue weighted by molar-refractivity contribution is 5.91. The van der Waals surface area contributed by atoms with Gasteiger partial charge in [-0.25, -0.2) is 9.37 Å². The summed E-state index contributed by atoms with van der Waals surface area (Å²) in [5.41, 5.74) is 9.37. The van der Waals surface area contributed by atoms with Gasteiger partial charge in [-0.1, -0.05) is 0 Å². The van der Waals surface area contributed by atoms with Gasteiger partial charge in [-0.2, -0.15) is 0 Å². The fourth-order valence-electron chi connectivity index (χ4n) is 0.630. The zero-order chi connectivity index (χ0) is 8.43. The lowest BCUT2D eigenvalue weighted by molar-refractivity contribution is 0.0991. The average Bonchev–Trinajstić information content (AvgIpc) is 1.94. The summed E-state index contributed by atoms with van der Waals surface area (Å²) < 4.78 is 12.8. The molecule has 1 amide bonds. The minimum atomic E-state index is -0.921. The lowest BCUT2D eigenvalue weighted by atomic mass is 10.3. The number of anilines is 1. The van der Waals surface area contributed by atoms with Crippen LogP contribution in [-0.2, 0) is 0 Å². The first-order valence-electron chi connectivity index (χ1n) is 2.82. The van der Waals surface area contributed by atoms with Gasteiger partial charge in [-0.3, -0.25) is 4.79 Å². The number of carbonyl (C=O) groups is 1. The van der Waals surface area contributed by atoms with E-state index in [0.717, 1.165) is 0 Å². The molecule has 0 atom stereocenters. The summed E-state index contributed by atoms with van der Waals surface area (Å²) in [6.45, 7) is 0. The maximum Gasteiger partial charge on any atom is 0.270 e. The molecule has 0 saturated carbocycles. The molecule has 0 aromatic carbocycles. The van der Waals surface area contributed by atoms with Crippen molar-refractivity contribution in [3.8, 4) is 0 Å². The number of halogens is 1. The number of aromatic nitrogens is 1. The molecule has 1 heterocycles. The SMILES string of the molecule is NC(=O)c1nccc(N)c1F. The molecule has 5 heteroatoms. The smallest absolute Gasteiger partial charge is 0.270 e. The van der Waals surface area contributed by atoms with Crippen molar-refractivity contribution in [2.75, 3.05) is 5.73 Å². The van der Waals surface area contributed by atoms with E-state index in [1.807, 2.05) is 0 Å². The minimum absolute atomic E-state index is 0.131. The quantitative estimate of drug-likeness (QED) is 0.594. The molecule has 0 radical (unpaired) electrons. The largest absolute Gasteiger partial charge is 0.396 e. The fraction of sp³-hybridized carbons (Fsp3) is 0. The second kappa shape index (κ2) is 2.53. The van der Waals surface area contributed by atoms with Crippen LogP contribution in [0.25, 0.3) is 0 Å². The summed E-state index contributed by atoms with van der Waals surface area (Å²) in [7, 11) is 0. The van der Waals surface area contributed by atoms with E-state index in [1.165, 1.54) is 12.3 Å². The summed E-state index contributed by atoms with van der Waals surface area (Å²) in [4.78, 5) is 13.8. The lowest BCUT2D eigenvalue weighted by Crippen LogP contribution is -2.16. The maximum atomic E-state index is 12.8. The molecule has 0 bridgehead atoms. The molecule has 0 unspecified atom stereocenters. The van der Waals surface area contributed by atoms with Gasteiger partial charge in [0.2, 0.25) is 0 Å². The predicted molar refractivity (Wildman–Crippen MR) is 37.1 cm³/mol. The van der Waals surface area contributed by atoms with Crippen LogP contribution in [0.4, 0.5) is 10.1 Å². The number of primary amides is 1. The number of nitrogens with two attached hydrogens (primary N) is 2. The molecule has 0 aliphatic heterocycles. The number of pyridine rings is 1. The minimum Gasteiger partial charge on any atom is -0.396 e. The molecule has 0 aliphatic rings. The van der Waals surface area contributed by atoms with Crippen molar-refractivity contribution >= 4 is 11.6 Å². The van der Waals surface area contributed by atoms with Crippen LogP contribution in [0.5, 0.6) is 0 Å². The van der Waals surface area contributed by atoms with Crippen molar-refractivity contribution in [2.45, 2.75) is 0 Å². The van der Waals surface area contributed by atoms with Crippen LogP contribution in [0.15, 0.2) is 12.3 Å². The van der Waals surface area contributed by atoms with Crippen LogP contribution >= 0.6 is 0 Å². The number of nitrogen functional groups attached to an aromatic ring is 1. The van der Waals surface area contributed by atoms with Gasteiger partial charge < -0.3 is 11.5 Å². The maximum absolute atomic E-state index is 12.8. The Morgan fingerprint density at radius 2 is 2.27 bits per heavy atom. The van der Waals surface area contributed by atoms with Crippen LogP contribution in [0, 0.1) is 5.82 Å². The van der Waals surface area contributed by atoms with Crippen molar-refractivity contribution in [2.24, 2.45) is 5.73 Å². The molecule has 0 spiro atoms. The van der Waals surface area contributed by atoms with Crippen molar-refractivity contribution in [3.63, 3.8) is 0 Å². The van der Waals surface area contributed by atoms with Crippen LogP contribution in [0.3, 0.4) is 0 Å². The molecule has 0 fully saturated rings. The van der Waals surface area contributed by atoms with Gasteiger partial charge in [0.25, 0.3) is 5.91 Å². The third-order valence-electron chi connectivity index (χ3n) is 1.15. The Balaban J connectivity index is 3.27. The van der Waals surface area contributed by atoms with Gasteiger partial charge in [0.15, 0.2) is 11.5 Å². The molecule has 1 aromatic rings. The summed E-state index contributed by atoms with van der Waals surface area (Å²) in [5, 5.41) is 0. The van der Waals surface area contributed by atoms with Gasteiger partial charge in [0.05, 0.1) is 5.69 Å². The zero-order valence-electron chi connectivity index (χ0n) is 5.54. The first kappa shape index (κ1) is 7.46. The molecule has 1 aromatic heterocycles. The molecular weight excluding hydrogens is 149 g/mol. The molecule has 4 N–H and O–H groups in total. The second-order valence-corrected chi connectivity index (χ2v) is 1.93. The predicted octanol–water partition coefficient (Wildman–Crippen LogP) is -0.0982. The summed E-state index contributed by atoms with van der Waals surface area (Å²) in [5.74, 6) is -1.78. The number of nitrogens with zero attached hydrogens (tertiary/aromatic N) is 1.